The van der Waals surface area contributed by atoms with Crippen LogP contribution >= 0.6 is 0 Å². The summed E-state index contributed by atoms with van der Waals surface area (Å²) >= 11 is 0. The number of ether oxygens (including phenoxy) is 3. The summed E-state index contributed by atoms with van der Waals surface area (Å²) < 4.78 is 20.6. The van der Waals surface area contributed by atoms with Gasteiger partial charge in [0.15, 0.2) is 0 Å². The SMILES string of the molecule is CC(C)(C)C(=O)Nc1ncn([C@H]2C[C@H](O)[C@@H](CO)O2)c(=O)n1.CC[C@H]1O[C@@H](n2cnc(NC(=O)C(C)(C)C)nc2=O)C[C@@H]1C.C[C@H]1C[C@H](n2cnc(NC(=O)C(C)(C)C)nc2=O)O[C@@H]1CO. The Balaban J connectivity index is 0.000000216. The highest BCUT2D eigenvalue weighted by atomic mass is 16.5. The molecular formula is C42H66N12O12. The highest BCUT2D eigenvalue weighted by Gasteiger charge is 2.37. The number of carbonyl (C=O) groups is 3. The number of amides is 3. The fourth-order valence-electron chi connectivity index (χ4n) is 6.52. The first kappa shape index (κ1) is 53.2. The van der Waals surface area contributed by atoms with Crippen molar-refractivity contribution in [2.24, 2.45) is 28.1 Å². The zero-order chi connectivity index (χ0) is 49.5. The Bertz CT molecular complexity index is 2080. The van der Waals surface area contributed by atoms with E-state index in [9.17, 15) is 39.0 Å². The van der Waals surface area contributed by atoms with Crippen molar-refractivity contribution in [3.05, 3.63) is 50.4 Å². The first-order valence-electron chi connectivity index (χ1n) is 21.8. The van der Waals surface area contributed by atoms with Gasteiger partial charge in [-0.25, -0.2) is 29.3 Å². The maximum absolute atomic E-state index is 12.1. The summed E-state index contributed by atoms with van der Waals surface area (Å²) in [5.74, 6) is -0.359. The van der Waals surface area contributed by atoms with Crippen molar-refractivity contribution in [1.82, 2.24) is 43.6 Å². The minimum Gasteiger partial charge on any atom is -0.394 e. The van der Waals surface area contributed by atoms with Crippen LogP contribution < -0.4 is 33.0 Å². The molecule has 24 heteroatoms. The molecule has 0 saturated carbocycles. The van der Waals surface area contributed by atoms with Gasteiger partial charge < -0.3 is 29.5 Å². The summed E-state index contributed by atoms with van der Waals surface area (Å²) in [5, 5.41) is 35.4. The van der Waals surface area contributed by atoms with E-state index < -0.39 is 58.0 Å². The van der Waals surface area contributed by atoms with Crippen molar-refractivity contribution in [2.75, 3.05) is 29.2 Å². The number of aliphatic hydroxyl groups is 3. The second-order valence-corrected chi connectivity index (χ2v) is 19.6. The minimum atomic E-state index is -0.859. The van der Waals surface area contributed by atoms with Crippen molar-refractivity contribution >= 4 is 35.6 Å². The maximum atomic E-state index is 12.1. The van der Waals surface area contributed by atoms with Crippen LogP contribution in [0.3, 0.4) is 0 Å². The molecule has 9 atom stereocenters. The van der Waals surface area contributed by atoms with Crippen molar-refractivity contribution < 1.29 is 43.9 Å². The number of nitrogens with one attached hydrogen (secondary N) is 3. The van der Waals surface area contributed by atoms with Gasteiger partial charge in [0.1, 0.15) is 43.8 Å². The van der Waals surface area contributed by atoms with Gasteiger partial charge in [0.2, 0.25) is 35.6 Å². The number of aliphatic hydroxyl groups excluding tert-OH is 3. The van der Waals surface area contributed by atoms with E-state index in [1.54, 1.807) is 62.3 Å². The minimum absolute atomic E-state index is 0.0223. The van der Waals surface area contributed by atoms with Crippen LogP contribution in [0.4, 0.5) is 17.8 Å². The Morgan fingerprint density at radius 3 is 1.14 bits per heavy atom. The van der Waals surface area contributed by atoms with Crippen LogP contribution in [0.25, 0.3) is 0 Å². The van der Waals surface area contributed by atoms with E-state index in [1.807, 2.05) is 6.92 Å². The summed E-state index contributed by atoms with van der Waals surface area (Å²) in [7, 11) is 0. The van der Waals surface area contributed by atoms with Crippen LogP contribution in [0.1, 0.15) is 127 Å². The predicted molar refractivity (Wildman–Crippen MR) is 238 cm³/mol. The molecule has 3 amide bonds. The van der Waals surface area contributed by atoms with Crippen LogP contribution in [0.15, 0.2) is 33.4 Å². The molecule has 0 unspecified atom stereocenters. The Morgan fingerprint density at radius 2 is 0.879 bits per heavy atom. The molecule has 6 heterocycles. The van der Waals surface area contributed by atoms with Gasteiger partial charge in [-0.05, 0) is 31.1 Å². The van der Waals surface area contributed by atoms with Gasteiger partial charge in [-0.15, -0.1) is 0 Å². The Morgan fingerprint density at radius 1 is 0.576 bits per heavy atom. The molecule has 66 heavy (non-hydrogen) atoms. The van der Waals surface area contributed by atoms with Gasteiger partial charge in [-0.2, -0.15) is 15.0 Å². The second kappa shape index (κ2) is 21.9. The number of hydrogen-bond acceptors (Lipinski definition) is 18. The summed E-state index contributed by atoms with van der Waals surface area (Å²) in [5.41, 5.74) is -3.48. The van der Waals surface area contributed by atoms with Gasteiger partial charge in [0.25, 0.3) is 0 Å². The number of aromatic nitrogens is 9. The van der Waals surface area contributed by atoms with E-state index in [1.165, 1.54) is 28.1 Å². The van der Waals surface area contributed by atoms with E-state index in [2.05, 4.69) is 59.7 Å². The van der Waals surface area contributed by atoms with Crippen molar-refractivity contribution in [1.29, 1.82) is 0 Å². The molecule has 0 radical (unpaired) electrons. The van der Waals surface area contributed by atoms with Crippen LogP contribution in [0, 0.1) is 28.1 Å². The van der Waals surface area contributed by atoms with Crippen LogP contribution in [-0.2, 0) is 28.6 Å². The number of hydrogen-bond donors (Lipinski definition) is 6. The molecule has 6 N–H and O–H groups in total. The highest BCUT2D eigenvalue weighted by Crippen LogP contribution is 2.34. The third-order valence-electron chi connectivity index (χ3n) is 10.9. The highest BCUT2D eigenvalue weighted by molar-refractivity contribution is 5.94. The molecule has 3 aliphatic heterocycles. The van der Waals surface area contributed by atoms with Crippen LogP contribution in [0.2, 0.25) is 0 Å². The fourth-order valence-corrected chi connectivity index (χ4v) is 6.52. The number of rotatable bonds is 9. The topological polar surface area (TPSA) is 319 Å². The van der Waals surface area contributed by atoms with E-state index >= 15 is 0 Å². The number of nitrogens with zero attached hydrogens (tertiary/aromatic N) is 9. The van der Waals surface area contributed by atoms with E-state index in [4.69, 9.17) is 19.3 Å². The quantitative estimate of drug-likeness (QED) is 0.178. The molecule has 3 aromatic rings. The fraction of sp³-hybridized carbons (Fsp3) is 0.714. The molecule has 0 aliphatic carbocycles. The lowest BCUT2D eigenvalue weighted by Gasteiger charge is -2.17. The lowest BCUT2D eigenvalue weighted by Crippen LogP contribution is -2.32. The zero-order valence-corrected chi connectivity index (χ0v) is 39.7. The lowest BCUT2D eigenvalue weighted by molar-refractivity contribution is -0.123. The first-order valence-corrected chi connectivity index (χ1v) is 21.8. The van der Waals surface area contributed by atoms with Crippen molar-refractivity contribution in [2.45, 2.75) is 152 Å². The number of carbonyl (C=O) groups excluding carboxylic acids is 3. The molecule has 3 fully saturated rings. The van der Waals surface area contributed by atoms with Crippen molar-refractivity contribution in [3.63, 3.8) is 0 Å². The van der Waals surface area contributed by atoms with E-state index in [0.717, 1.165) is 17.4 Å². The molecule has 3 aromatic heterocycles. The Labute approximate surface area is 382 Å². The molecule has 3 aliphatic rings. The monoisotopic (exact) mass is 930 g/mol. The molecule has 0 spiro atoms. The summed E-state index contributed by atoms with van der Waals surface area (Å²) in [6.45, 7) is 21.5. The third-order valence-corrected chi connectivity index (χ3v) is 10.9. The van der Waals surface area contributed by atoms with Gasteiger partial charge in [-0.1, -0.05) is 83.1 Å². The molecule has 366 valence electrons. The Kier molecular flexibility index (Phi) is 17.7. The van der Waals surface area contributed by atoms with Gasteiger partial charge >= 0.3 is 17.1 Å². The van der Waals surface area contributed by atoms with Crippen LogP contribution in [-0.4, -0.2) is 114 Å². The predicted octanol–water partition coefficient (Wildman–Crippen LogP) is 1.76. The average molecular weight is 931 g/mol. The first-order chi connectivity index (χ1) is 30.7. The largest absolute Gasteiger partial charge is 0.394 e. The van der Waals surface area contributed by atoms with Crippen molar-refractivity contribution in [3.8, 4) is 0 Å². The normalized spacial score (nSPS) is 25.2. The second-order valence-electron chi connectivity index (χ2n) is 19.6. The molecular weight excluding hydrogens is 865 g/mol. The third kappa shape index (κ3) is 14.1. The summed E-state index contributed by atoms with van der Waals surface area (Å²) in [6, 6.07) is 0. The summed E-state index contributed by atoms with van der Waals surface area (Å²) in [4.78, 5) is 95.0. The average Bonchev–Trinajstić information content (AvgIpc) is 3.91. The summed E-state index contributed by atoms with van der Waals surface area (Å²) in [6.07, 6.45) is 3.01. The number of anilines is 3. The maximum Gasteiger partial charge on any atom is 0.354 e. The molecule has 3 saturated heterocycles. The smallest absolute Gasteiger partial charge is 0.354 e. The standard InChI is InChI=1S/C15H24N4O3.C14H22N4O4.C13H20N4O5/c1-6-10-9(2)7-11(22-10)19-8-16-13(18-14(19)21)17-12(20)15(3,4)5;1-8-5-10(22-9(8)6-19)18-7-15-12(17-13(18)21)16-11(20)14(2,3)4;1-13(2,3)10(20)15-11-14-6-17(12(21)16-11)9-4-7(19)8(5-18)22-9/h8-11H,6-7H2,1-5H3,(H,17,18,20,21);7-10,19H,5-6H2,1-4H3,(H,16,17,20,21);6-9,18-19H,4-5H2,1-3H3,(H,15,16,20,21)/t9-,10+,11+;8-,9+,10+;7-,8+,9+/m000/s1. The van der Waals surface area contributed by atoms with Gasteiger partial charge in [0.05, 0.1) is 31.5 Å². The van der Waals surface area contributed by atoms with E-state index in [0.29, 0.717) is 12.3 Å². The molecule has 0 aromatic carbocycles. The molecule has 6 rings (SSSR count). The van der Waals surface area contributed by atoms with E-state index in [-0.39, 0.29) is 79.6 Å². The molecule has 24 nitrogen and oxygen atoms in total. The lowest BCUT2D eigenvalue weighted by atomic mass is 9.96. The van der Waals surface area contributed by atoms with Gasteiger partial charge in [-0.3, -0.25) is 44.0 Å². The zero-order valence-electron chi connectivity index (χ0n) is 39.7. The van der Waals surface area contributed by atoms with Crippen LogP contribution in [0.5, 0.6) is 0 Å². The Hall–Kier alpha value is -5.40. The van der Waals surface area contributed by atoms with Gasteiger partial charge in [0, 0.05) is 22.7 Å². The molecule has 0 bridgehead atoms.